The molecule has 122 valence electrons. The topological polar surface area (TPSA) is 66.4 Å². The van der Waals surface area contributed by atoms with Crippen molar-refractivity contribution in [3.05, 3.63) is 35.9 Å². The lowest BCUT2D eigenvalue weighted by Gasteiger charge is -2.22. The Hall–Kier alpha value is -1.70. The van der Waals surface area contributed by atoms with E-state index in [1.807, 2.05) is 0 Å². The fourth-order valence-corrected chi connectivity index (χ4v) is 2.29. The van der Waals surface area contributed by atoms with Crippen LogP contribution in [0.5, 0.6) is 0 Å². The summed E-state index contributed by atoms with van der Waals surface area (Å²) < 4.78 is 38.1. The smallest absolute Gasteiger partial charge is 0.401 e. The Morgan fingerprint density at radius 2 is 1.82 bits per heavy atom. The first kappa shape index (κ1) is 18.3. The molecule has 0 heterocycles. The molecule has 2 atom stereocenters. The number of halogens is 3. The summed E-state index contributed by atoms with van der Waals surface area (Å²) >= 11 is 3.54. The molecule has 0 unspecified atom stereocenters. The maximum absolute atomic E-state index is 12.7. The number of carbonyl (C=O) groups excluding carboxylic acids is 1. The van der Waals surface area contributed by atoms with Gasteiger partial charge in [-0.3, -0.25) is 9.59 Å². The minimum absolute atomic E-state index is 0.135. The Bertz CT molecular complexity index is 508. The third-order valence-corrected chi connectivity index (χ3v) is 3.35. The van der Waals surface area contributed by atoms with E-state index in [1.54, 1.807) is 30.3 Å². The zero-order chi connectivity index (χ0) is 16.8. The van der Waals surface area contributed by atoms with E-state index in [-0.39, 0.29) is 6.42 Å². The largest absolute Gasteiger partial charge is 0.481 e. The molecule has 1 aromatic carbocycles. The second-order valence-electron chi connectivity index (χ2n) is 4.77. The fourth-order valence-electron chi connectivity index (χ4n) is 1.92. The van der Waals surface area contributed by atoms with E-state index in [4.69, 9.17) is 5.11 Å². The third kappa shape index (κ3) is 5.97. The number of carboxylic acids is 1. The molecule has 0 radical (unpaired) electrons. The molecular weight excluding hydrogens is 319 g/mol. The number of rotatable bonds is 7. The van der Waals surface area contributed by atoms with E-state index in [0.29, 0.717) is 0 Å². The number of aliphatic carboxylic acids is 1. The van der Waals surface area contributed by atoms with Gasteiger partial charge in [0.1, 0.15) is 5.92 Å². The van der Waals surface area contributed by atoms with Gasteiger partial charge < -0.3 is 10.4 Å². The van der Waals surface area contributed by atoms with Crippen LogP contribution in [-0.4, -0.2) is 35.0 Å². The molecule has 22 heavy (non-hydrogen) atoms. The van der Waals surface area contributed by atoms with Gasteiger partial charge >= 0.3 is 12.1 Å². The van der Waals surface area contributed by atoms with Crippen molar-refractivity contribution in [1.29, 1.82) is 0 Å². The minimum Gasteiger partial charge on any atom is -0.481 e. The summed E-state index contributed by atoms with van der Waals surface area (Å²) in [5.41, 5.74) is 0.725. The van der Waals surface area contributed by atoms with Gasteiger partial charge in [0.05, 0.1) is 6.42 Å². The molecule has 0 saturated heterocycles. The molecule has 0 aliphatic carbocycles. The van der Waals surface area contributed by atoms with Crippen LogP contribution in [0, 0.1) is 5.92 Å². The third-order valence-electron chi connectivity index (χ3n) is 2.99. The summed E-state index contributed by atoms with van der Waals surface area (Å²) in [5, 5.41) is 11.0. The molecule has 0 saturated carbocycles. The molecule has 0 aliphatic heterocycles. The molecule has 1 aromatic rings. The summed E-state index contributed by atoms with van der Waals surface area (Å²) in [5.74, 6) is -5.41. The summed E-state index contributed by atoms with van der Waals surface area (Å²) in [4.78, 5) is 22.6. The highest BCUT2D eigenvalue weighted by molar-refractivity contribution is 7.80. The Morgan fingerprint density at radius 1 is 1.23 bits per heavy atom. The summed E-state index contributed by atoms with van der Waals surface area (Å²) in [6.45, 7) is 0. The first-order chi connectivity index (χ1) is 10.2. The second kappa shape index (κ2) is 8.07. The Labute approximate surface area is 131 Å². The maximum atomic E-state index is 12.7. The van der Waals surface area contributed by atoms with E-state index in [1.165, 1.54) is 0 Å². The molecule has 0 fully saturated rings. The Balaban J connectivity index is 2.80. The molecule has 0 aromatic heterocycles. The quantitative estimate of drug-likeness (QED) is 0.670. The molecular formula is C14H16F3NO3S. The highest BCUT2D eigenvalue weighted by Gasteiger charge is 2.44. The zero-order valence-electron chi connectivity index (χ0n) is 11.5. The summed E-state index contributed by atoms with van der Waals surface area (Å²) in [6, 6.07) is 7.70. The predicted octanol–water partition coefficient (Wildman–Crippen LogP) is 2.30. The maximum Gasteiger partial charge on any atom is 0.401 e. The van der Waals surface area contributed by atoms with Crippen molar-refractivity contribution in [3.8, 4) is 0 Å². The number of alkyl halides is 3. The van der Waals surface area contributed by atoms with Crippen molar-refractivity contribution in [2.24, 2.45) is 5.92 Å². The average Bonchev–Trinajstić information content (AvgIpc) is 2.37. The number of hydrogen-bond donors (Lipinski definition) is 3. The van der Waals surface area contributed by atoms with Crippen molar-refractivity contribution in [1.82, 2.24) is 5.32 Å². The van der Waals surface area contributed by atoms with Gasteiger partial charge in [0.25, 0.3) is 0 Å². The molecule has 2 N–H and O–H groups in total. The van der Waals surface area contributed by atoms with Crippen molar-refractivity contribution in [3.63, 3.8) is 0 Å². The van der Waals surface area contributed by atoms with Crippen LogP contribution in [0.3, 0.4) is 0 Å². The lowest BCUT2D eigenvalue weighted by atomic mass is 10.0. The zero-order valence-corrected chi connectivity index (χ0v) is 12.4. The van der Waals surface area contributed by atoms with Crippen LogP contribution in [0.15, 0.2) is 30.3 Å². The lowest BCUT2D eigenvalue weighted by Crippen LogP contribution is -2.46. The van der Waals surface area contributed by atoms with E-state index in [2.05, 4.69) is 17.9 Å². The predicted molar refractivity (Wildman–Crippen MR) is 77.7 cm³/mol. The normalized spacial score (nSPS) is 14.2. The molecule has 4 nitrogen and oxygen atoms in total. The molecule has 1 amide bonds. The highest BCUT2D eigenvalue weighted by Crippen LogP contribution is 2.27. The number of nitrogens with one attached hydrogen (secondary N) is 1. The van der Waals surface area contributed by atoms with Crippen molar-refractivity contribution in [2.45, 2.75) is 25.1 Å². The number of carboxylic acid groups (broad SMARTS) is 1. The Kier molecular flexibility index (Phi) is 6.73. The molecule has 8 heteroatoms. The van der Waals surface area contributed by atoms with Crippen LogP contribution in [-0.2, 0) is 16.0 Å². The first-order valence-electron chi connectivity index (χ1n) is 6.47. The number of benzene rings is 1. The average molecular weight is 335 g/mol. The van der Waals surface area contributed by atoms with Gasteiger partial charge in [-0.05, 0) is 12.0 Å². The number of carbonyl (C=O) groups is 2. The SMILES string of the molecule is O=C(O)C[C@H](Cc1ccccc1)NC(=O)[C@H](CS)C(F)(F)F. The van der Waals surface area contributed by atoms with Crippen molar-refractivity contribution < 1.29 is 27.9 Å². The van der Waals surface area contributed by atoms with Gasteiger partial charge in [0, 0.05) is 11.8 Å². The van der Waals surface area contributed by atoms with Crippen LogP contribution in [0.4, 0.5) is 13.2 Å². The standard InChI is InChI=1S/C14H16F3NO3S/c15-14(16,17)11(8-22)13(21)18-10(7-12(19)20)6-9-4-2-1-3-5-9/h1-5,10-11,22H,6-8H2,(H,18,21)(H,19,20)/t10-,11-/m0/s1. The van der Waals surface area contributed by atoms with Crippen molar-refractivity contribution >= 4 is 24.5 Å². The van der Waals surface area contributed by atoms with Crippen molar-refractivity contribution in [2.75, 3.05) is 5.75 Å². The number of thiol groups is 1. The van der Waals surface area contributed by atoms with E-state index < -0.39 is 42.2 Å². The van der Waals surface area contributed by atoms with E-state index in [0.717, 1.165) is 5.56 Å². The molecule has 0 aliphatic rings. The van der Waals surface area contributed by atoms with Crippen LogP contribution >= 0.6 is 12.6 Å². The van der Waals surface area contributed by atoms with Crippen LogP contribution < -0.4 is 5.32 Å². The molecule has 1 rings (SSSR count). The van der Waals surface area contributed by atoms with Crippen LogP contribution in [0.2, 0.25) is 0 Å². The number of hydrogen-bond acceptors (Lipinski definition) is 3. The highest BCUT2D eigenvalue weighted by atomic mass is 32.1. The fraction of sp³-hybridized carbons (Fsp3) is 0.429. The molecule has 0 spiro atoms. The Morgan fingerprint density at radius 3 is 2.27 bits per heavy atom. The lowest BCUT2D eigenvalue weighted by molar-refractivity contribution is -0.178. The van der Waals surface area contributed by atoms with Gasteiger partial charge in [0.15, 0.2) is 0 Å². The van der Waals surface area contributed by atoms with E-state index >= 15 is 0 Å². The van der Waals surface area contributed by atoms with Gasteiger partial charge in [-0.15, -0.1) is 0 Å². The molecule has 0 bridgehead atoms. The monoisotopic (exact) mass is 335 g/mol. The van der Waals surface area contributed by atoms with Gasteiger partial charge in [0.2, 0.25) is 5.91 Å². The van der Waals surface area contributed by atoms with Crippen LogP contribution in [0.25, 0.3) is 0 Å². The first-order valence-corrected chi connectivity index (χ1v) is 7.11. The summed E-state index contributed by atoms with van der Waals surface area (Å²) in [7, 11) is 0. The van der Waals surface area contributed by atoms with Gasteiger partial charge in [-0.25, -0.2) is 0 Å². The van der Waals surface area contributed by atoms with Gasteiger partial charge in [-0.2, -0.15) is 25.8 Å². The summed E-state index contributed by atoms with van der Waals surface area (Å²) in [6.07, 6.45) is -5.04. The second-order valence-corrected chi connectivity index (χ2v) is 5.14. The van der Waals surface area contributed by atoms with E-state index in [9.17, 15) is 22.8 Å². The van der Waals surface area contributed by atoms with Crippen LogP contribution in [0.1, 0.15) is 12.0 Å². The minimum atomic E-state index is -4.72. The van der Waals surface area contributed by atoms with Gasteiger partial charge in [-0.1, -0.05) is 30.3 Å². The number of amides is 1.